The highest BCUT2D eigenvalue weighted by atomic mass is 16.1. The second kappa shape index (κ2) is 5.65. The van der Waals surface area contributed by atoms with Crippen molar-refractivity contribution in [1.29, 1.82) is 0 Å². The molecule has 108 valence electrons. The van der Waals surface area contributed by atoms with Gasteiger partial charge in [0.15, 0.2) is 6.29 Å². The Kier molecular flexibility index (Phi) is 3.88. The molecule has 0 unspecified atom stereocenters. The third-order valence-electron chi connectivity index (χ3n) is 5.10. The standard InChI is InChI=1S/C17H24N2O/c1-17(5-2-6-17)7-3-8-19-9-4-15-10-14(13-20)11-18-16(15)12-19/h10-11,13H,2-9,12H2,1H3. The molecule has 0 N–H and O–H groups in total. The summed E-state index contributed by atoms with van der Waals surface area (Å²) in [4.78, 5) is 17.7. The first-order valence-corrected chi connectivity index (χ1v) is 7.84. The first kappa shape index (κ1) is 13.7. The SMILES string of the molecule is CC1(CCCN2CCc3cc(C=O)cnc3C2)CCC1. The molecule has 20 heavy (non-hydrogen) atoms. The lowest BCUT2D eigenvalue weighted by atomic mass is 9.68. The van der Waals surface area contributed by atoms with Gasteiger partial charge in [-0.15, -0.1) is 0 Å². The van der Waals surface area contributed by atoms with Gasteiger partial charge in [-0.1, -0.05) is 13.3 Å². The quantitative estimate of drug-likeness (QED) is 0.772. The van der Waals surface area contributed by atoms with Gasteiger partial charge in [0.25, 0.3) is 0 Å². The van der Waals surface area contributed by atoms with Gasteiger partial charge in [-0.25, -0.2) is 0 Å². The number of fused-ring (bicyclic) bond motifs is 1. The van der Waals surface area contributed by atoms with Gasteiger partial charge in [0, 0.05) is 24.8 Å². The molecule has 1 aliphatic carbocycles. The van der Waals surface area contributed by atoms with Crippen molar-refractivity contribution >= 4 is 6.29 Å². The topological polar surface area (TPSA) is 33.2 Å². The summed E-state index contributed by atoms with van der Waals surface area (Å²) in [5, 5.41) is 0. The number of rotatable bonds is 5. The molecule has 0 saturated heterocycles. The molecule has 0 bridgehead atoms. The van der Waals surface area contributed by atoms with Crippen molar-refractivity contribution in [2.24, 2.45) is 5.41 Å². The van der Waals surface area contributed by atoms with Gasteiger partial charge in [-0.3, -0.25) is 14.7 Å². The van der Waals surface area contributed by atoms with Crippen LogP contribution in [-0.4, -0.2) is 29.3 Å². The zero-order chi connectivity index (χ0) is 14.0. The number of aldehydes is 1. The van der Waals surface area contributed by atoms with Crippen LogP contribution in [0.2, 0.25) is 0 Å². The molecule has 0 aromatic carbocycles. The molecule has 0 spiro atoms. The molecular weight excluding hydrogens is 248 g/mol. The summed E-state index contributed by atoms with van der Waals surface area (Å²) in [5.74, 6) is 0. The van der Waals surface area contributed by atoms with Crippen molar-refractivity contribution in [3.8, 4) is 0 Å². The highest BCUT2D eigenvalue weighted by Crippen LogP contribution is 2.44. The maximum absolute atomic E-state index is 10.8. The van der Waals surface area contributed by atoms with Gasteiger partial charge >= 0.3 is 0 Å². The number of carbonyl (C=O) groups excluding carboxylic acids is 1. The number of pyridine rings is 1. The molecule has 1 aromatic heterocycles. The Bertz CT molecular complexity index is 494. The number of hydrogen-bond acceptors (Lipinski definition) is 3. The lowest BCUT2D eigenvalue weighted by Gasteiger charge is -2.39. The minimum atomic E-state index is 0.644. The smallest absolute Gasteiger partial charge is 0.151 e. The molecule has 2 heterocycles. The van der Waals surface area contributed by atoms with E-state index in [1.165, 1.54) is 44.2 Å². The van der Waals surface area contributed by atoms with E-state index in [1.54, 1.807) is 6.20 Å². The van der Waals surface area contributed by atoms with Crippen LogP contribution in [-0.2, 0) is 13.0 Å². The minimum Gasteiger partial charge on any atom is -0.298 e. The molecule has 1 fully saturated rings. The van der Waals surface area contributed by atoms with E-state index in [0.29, 0.717) is 11.0 Å². The molecule has 2 aliphatic rings. The predicted molar refractivity (Wildman–Crippen MR) is 79.8 cm³/mol. The van der Waals surface area contributed by atoms with Crippen LogP contribution in [0.1, 0.15) is 60.6 Å². The van der Waals surface area contributed by atoms with Crippen molar-refractivity contribution in [1.82, 2.24) is 9.88 Å². The Morgan fingerprint density at radius 3 is 3.00 bits per heavy atom. The third kappa shape index (κ3) is 2.93. The summed E-state index contributed by atoms with van der Waals surface area (Å²) in [6, 6.07) is 2.00. The van der Waals surface area contributed by atoms with Crippen LogP contribution in [0, 0.1) is 5.41 Å². The monoisotopic (exact) mass is 272 g/mol. The van der Waals surface area contributed by atoms with Crippen LogP contribution >= 0.6 is 0 Å². The fourth-order valence-electron chi connectivity index (χ4n) is 3.50. The van der Waals surface area contributed by atoms with Gasteiger partial charge in [0.2, 0.25) is 0 Å². The molecule has 3 nitrogen and oxygen atoms in total. The van der Waals surface area contributed by atoms with Gasteiger partial charge in [0.1, 0.15) is 0 Å². The van der Waals surface area contributed by atoms with E-state index < -0.39 is 0 Å². The highest BCUT2D eigenvalue weighted by Gasteiger charge is 2.31. The molecule has 0 atom stereocenters. The largest absolute Gasteiger partial charge is 0.298 e. The lowest BCUT2D eigenvalue weighted by Crippen LogP contribution is -2.33. The van der Waals surface area contributed by atoms with Crippen LogP contribution in [0.15, 0.2) is 12.3 Å². The maximum atomic E-state index is 10.8. The Labute approximate surface area is 121 Å². The van der Waals surface area contributed by atoms with Crippen molar-refractivity contribution < 1.29 is 4.79 Å². The van der Waals surface area contributed by atoms with Crippen molar-refractivity contribution in [3.63, 3.8) is 0 Å². The van der Waals surface area contributed by atoms with E-state index >= 15 is 0 Å². The van der Waals surface area contributed by atoms with E-state index in [-0.39, 0.29) is 0 Å². The number of nitrogens with zero attached hydrogens (tertiary/aromatic N) is 2. The molecule has 1 aliphatic heterocycles. The molecular formula is C17H24N2O. The van der Waals surface area contributed by atoms with E-state index in [9.17, 15) is 4.79 Å². The maximum Gasteiger partial charge on any atom is 0.151 e. The number of carbonyl (C=O) groups is 1. The number of hydrogen-bond donors (Lipinski definition) is 0. The zero-order valence-corrected chi connectivity index (χ0v) is 12.4. The second-order valence-corrected chi connectivity index (χ2v) is 6.79. The van der Waals surface area contributed by atoms with Crippen molar-refractivity contribution in [2.75, 3.05) is 13.1 Å². The fourth-order valence-corrected chi connectivity index (χ4v) is 3.50. The molecule has 0 radical (unpaired) electrons. The highest BCUT2D eigenvalue weighted by molar-refractivity contribution is 5.74. The van der Waals surface area contributed by atoms with E-state index in [4.69, 9.17) is 0 Å². The first-order valence-electron chi connectivity index (χ1n) is 7.84. The molecule has 0 amide bonds. The Morgan fingerprint density at radius 1 is 1.45 bits per heavy atom. The van der Waals surface area contributed by atoms with Gasteiger partial charge in [-0.2, -0.15) is 0 Å². The minimum absolute atomic E-state index is 0.644. The molecule has 1 saturated carbocycles. The Hall–Kier alpha value is -1.22. The predicted octanol–water partition coefficient (Wildman–Crippen LogP) is 3.22. The van der Waals surface area contributed by atoms with Crippen LogP contribution < -0.4 is 0 Å². The van der Waals surface area contributed by atoms with Gasteiger partial charge < -0.3 is 0 Å². The summed E-state index contributed by atoms with van der Waals surface area (Å²) in [7, 11) is 0. The van der Waals surface area contributed by atoms with Crippen molar-refractivity contribution in [3.05, 3.63) is 29.1 Å². The fraction of sp³-hybridized carbons (Fsp3) is 0.647. The van der Waals surface area contributed by atoms with E-state index in [1.807, 2.05) is 6.07 Å². The van der Waals surface area contributed by atoms with E-state index in [0.717, 1.165) is 31.5 Å². The van der Waals surface area contributed by atoms with Crippen LogP contribution in [0.3, 0.4) is 0 Å². The lowest BCUT2D eigenvalue weighted by molar-refractivity contribution is 0.112. The summed E-state index contributed by atoms with van der Waals surface area (Å²) in [6.07, 6.45) is 10.6. The third-order valence-corrected chi connectivity index (χ3v) is 5.10. The molecule has 3 rings (SSSR count). The summed E-state index contributed by atoms with van der Waals surface area (Å²) >= 11 is 0. The van der Waals surface area contributed by atoms with Gasteiger partial charge in [0.05, 0.1) is 5.69 Å². The molecule has 1 aromatic rings. The van der Waals surface area contributed by atoms with Crippen molar-refractivity contribution in [2.45, 2.75) is 52.0 Å². The first-order chi connectivity index (χ1) is 9.68. The number of aromatic nitrogens is 1. The van der Waals surface area contributed by atoms with Crippen LogP contribution in [0.4, 0.5) is 0 Å². The van der Waals surface area contributed by atoms with E-state index in [2.05, 4.69) is 16.8 Å². The molecule has 3 heteroatoms. The van der Waals surface area contributed by atoms with Crippen LogP contribution in [0.5, 0.6) is 0 Å². The average Bonchev–Trinajstić information content (AvgIpc) is 2.45. The average molecular weight is 272 g/mol. The second-order valence-electron chi connectivity index (χ2n) is 6.79. The summed E-state index contributed by atoms with van der Waals surface area (Å²) in [5.41, 5.74) is 3.77. The van der Waals surface area contributed by atoms with Gasteiger partial charge in [-0.05, 0) is 55.7 Å². The normalized spacial score (nSPS) is 21.1. The Morgan fingerprint density at radius 2 is 2.30 bits per heavy atom. The van der Waals surface area contributed by atoms with Crippen LogP contribution in [0.25, 0.3) is 0 Å². The summed E-state index contributed by atoms with van der Waals surface area (Å²) < 4.78 is 0. The zero-order valence-electron chi connectivity index (χ0n) is 12.4. The summed E-state index contributed by atoms with van der Waals surface area (Å²) in [6.45, 7) is 5.68. The Balaban J connectivity index is 1.52.